The van der Waals surface area contributed by atoms with E-state index in [0.29, 0.717) is 0 Å². The fourth-order valence-corrected chi connectivity index (χ4v) is 1.27. The second-order valence-electron chi connectivity index (χ2n) is 2.70. The van der Waals surface area contributed by atoms with Crippen LogP contribution in [0.1, 0.15) is 25.7 Å². The SMILES string of the molecule is O=C([O-])CC1C=CCCC1.[K+]. The van der Waals surface area contributed by atoms with Gasteiger partial charge in [0, 0.05) is 5.97 Å². The molecule has 0 radical (unpaired) electrons. The zero-order valence-electron chi connectivity index (χ0n) is 6.88. The number of carboxylic acid groups (broad SMARTS) is 1. The fourth-order valence-electron chi connectivity index (χ4n) is 1.27. The summed E-state index contributed by atoms with van der Waals surface area (Å²) < 4.78 is 0. The molecule has 0 saturated heterocycles. The van der Waals surface area contributed by atoms with Gasteiger partial charge in [-0.2, -0.15) is 0 Å². The number of hydrogen-bond donors (Lipinski definition) is 0. The Morgan fingerprint density at radius 1 is 1.64 bits per heavy atom. The Hall–Kier alpha value is 0.846. The Labute approximate surface area is 109 Å². The van der Waals surface area contributed by atoms with Crippen LogP contribution in [0.5, 0.6) is 0 Å². The molecule has 0 spiro atoms. The smallest absolute Gasteiger partial charge is 0.550 e. The van der Waals surface area contributed by atoms with E-state index in [1.54, 1.807) is 0 Å². The van der Waals surface area contributed by atoms with E-state index in [0.717, 1.165) is 19.3 Å². The molecule has 0 N–H and O–H groups in total. The Bertz CT molecular complexity index is 154. The van der Waals surface area contributed by atoms with Crippen molar-refractivity contribution in [3.8, 4) is 0 Å². The molecule has 11 heavy (non-hydrogen) atoms. The molecule has 56 valence electrons. The quantitative estimate of drug-likeness (QED) is 0.346. The van der Waals surface area contributed by atoms with Gasteiger partial charge < -0.3 is 9.90 Å². The molecule has 0 aromatic carbocycles. The second-order valence-corrected chi connectivity index (χ2v) is 2.70. The van der Waals surface area contributed by atoms with E-state index >= 15 is 0 Å². The van der Waals surface area contributed by atoms with Gasteiger partial charge in [0.1, 0.15) is 0 Å². The van der Waals surface area contributed by atoms with Crippen LogP contribution in [0, 0.1) is 5.92 Å². The third-order valence-corrected chi connectivity index (χ3v) is 1.78. The van der Waals surface area contributed by atoms with Gasteiger partial charge in [-0.15, -0.1) is 0 Å². The van der Waals surface area contributed by atoms with Crippen molar-refractivity contribution in [1.82, 2.24) is 0 Å². The zero-order chi connectivity index (χ0) is 7.40. The topological polar surface area (TPSA) is 40.1 Å². The van der Waals surface area contributed by atoms with Crippen LogP contribution in [0.15, 0.2) is 12.2 Å². The normalized spacial score (nSPS) is 22.4. The Kier molecular flexibility index (Phi) is 6.86. The van der Waals surface area contributed by atoms with Crippen LogP contribution in [-0.2, 0) is 4.79 Å². The van der Waals surface area contributed by atoms with Gasteiger partial charge >= 0.3 is 51.4 Å². The molecule has 1 atom stereocenters. The maximum atomic E-state index is 10.1. The van der Waals surface area contributed by atoms with Crippen molar-refractivity contribution in [3.05, 3.63) is 12.2 Å². The fraction of sp³-hybridized carbons (Fsp3) is 0.625. The van der Waals surface area contributed by atoms with E-state index in [2.05, 4.69) is 6.08 Å². The van der Waals surface area contributed by atoms with Crippen molar-refractivity contribution in [2.24, 2.45) is 5.92 Å². The number of carbonyl (C=O) groups excluding carboxylic acids is 1. The summed E-state index contributed by atoms with van der Waals surface area (Å²) in [6.07, 6.45) is 7.45. The van der Waals surface area contributed by atoms with Crippen LogP contribution in [0.4, 0.5) is 0 Å². The Morgan fingerprint density at radius 2 is 2.36 bits per heavy atom. The van der Waals surface area contributed by atoms with E-state index in [-0.39, 0.29) is 63.7 Å². The van der Waals surface area contributed by atoms with Crippen molar-refractivity contribution < 1.29 is 61.3 Å². The first kappa shape index (κ1) is 11.8. The molecule has 1 rings (SSSR count). The zero-order valence-corrected chi connectivity index (χ0v) is 10.0. The van der Waals surface area contributed by atoms with Crippen LogP contribution in [-0.4, -0.2) is 5.97 Å². The van der Waals surface area contributed by atoms with Crippen LogP contribution in [0.25, 0.3) is 0 Å². The van der Waals surface area contributed by atoms with Gasteiger partial charge in [0.25, 0.3) is 0 Å². The summed E-state index contributed by atoms with van der Waals surface area (Å²) in [6, 6.07) is 0. The summed E-state index contributed by atoms with van der Waals surface area (Å²) in [5.74, 6) is -0.699. The van der Waals surface area contributed by atoms with E-state index in [1.807, 2.05) is 6.08 Å². The Morgan fingerprint density at radius 3 is 2.82 bits per heavy atom. The minimum atomic E-state index is -0.934. The molecule has 1 aliphatic rings. The third-order valence-electron chi connectivity index (χ3n) is 1.78. The van der Waals surface area contributed by atoms with Crippen molar-refractivity contribution >= 4 is 5.97 Å². The van der Waals surface area contributed by atoms with Gasteiger partial charge in [0.15, 0.2) is 0 Å². The average Bonchev–Trinajstić information content (AvgIpc) is 1.88. The molecule has 0 amide bonds. The molecule has 2 nitrogen and oxygen atoms in total. The molecule has 0 aromatic heterocycles. The standard InChI is InChI=1S/C8H12O2.K/c9-8(10)6-7-4-2-1-3-5-7;/h2,4,7H,1,3,5-6H2,(H,9,10);/q;+1/p-1. The minimum Gasteiger partial charge on any atom is -0.550 e. The average molecular weight is 178 g/mol. The maximum absolute atomic E-state index is 10.1. The number of carbonyl (C=O) groups is 1. The number of carboxylic acids is 1. The molecule has 0 saturated carbocycles. The molecule has 0 heterocycles. The van der Waals surface area contributed by atoms with Crippen molar-refractivity contribution in [2.75, 3.05) is 0 Å². The monoisotopic (exact) mass is 178 g/mol. The third kappa shape index (κ3) is 5.14. The summed E-state index contributed by atoms with van der Waals surface area (Å²) in [7, 11) is 0. The van der Waals surface area contributed by atoms with Crippen LogP contribution < -0.4 is 56.5 Å². The maximum Gasteiger partial charge on any atom is 1.00 e. The predicted molar refractivity (Wildman–Crippen MR) is 36.1 cm³/mol. The van der Waals surface area contributed by atoms with Gasteiger partial charge in [-0.1, -0.05) is 12.2 Å². The first-order chi connectivity index (χ1) is 4.79. The number of rotatable bonds is 2. The first-order valence-corrected chi connectivity index (χ1v) is 3.65. The molecule has 0 aliphatic heterocycles. The van der Waals surface area contributed by atoms with Gasteiger partial charge in [-0.3, -0.25) is 0 Å². The van der Waals surface area contributed by atoms with Crippen LogP contribution in [0.2, 0.25) is 0 Å². The molecule has 0 fully saturated rings. The molecule has 0 bridgehead atoms. The predicted octanol–water partition coefficient (Wildman–Crippen LogP) is -2.51. The molecule has 0 aromatic rings. The van der Waals surface area contributed by atoms with Gasteiger partial charge in [-0.25, -0.2) is 0 Å². The summed E-state index contributed by atoms with van der Waals surface area (Å²) in [4.78, 5) is 10.1. The molecule has 1 aliphatic carbocycles. The molecule has 1 unspecified atom stereocenters. The number of aliphatic carboxylic acids is 1. The summed E-state index contributed by atoms with van der Waals surface area (Å²) in [5, 5.41) is 10.1. The van der Waals surface area contributed by atoms with E-state index in [1.165, 1.54) is 0 Å². The van der Waals surface area contributed by atoms with Crippen molar-refractivity contribution in [2.45, 2.75) is 25.7 Å². The van der Waals surface area contributed by atoms with Gasteiger partial charge in [-0.05, 0) is 31.6 Å². The van der Waals surface area contributed by atoms with Crippen LogP contribution >= 0.6 is 0 Å². The number of hydrogen-bond acceptors (Lipinski definition) is 2. The summed E-state index contributed by atoms with van der Waals surface area (Å²) in [6.45, 7) is 0. The second kappa shape index (κ2) is 6.37. The number of allylic oxidation sites excluding steroid dienone is 2. The van der Waals surface area contributed by atoms with Crippen molar-refractivity contribution in [1.29, 1.82) is 0 Å². The molecular formula is C8H11KO2. The van der Waals surface area contributed by atoms with Crippen molar-refractivity contribution in [3.63, 3.8) is 0 Å². The summed E-state index contributed by atoms with van der Waals surface area (Å²) in [5.41, 5.74) is 0. The molecule has 3 heteroatoms. The summed E-state index contributed by atoms with van der Waals surface area (Å²) >= 11 is 0. The van der Waals surface area contributed by atoms with E-state index in [4.69, 9.17) is 0 Å². The Balaban J connectivity index is 0.000001000. The van der Waals surface area contributed by atoms with Crippen LogP contribution in [0.3, 0.4) is 0 Å². The van der Waals surface area contributed by atoms with Gasteiger partial charge in [0.05, 0.1) is 0 Å². The molecular weight excluding hydrogens is 167 g/mol. The van der Waals surface area contributed by atoms with Gasteiger partial charge in [0.2, 0.25) is 0 Å². The minimum absolute atomic E-state index is 0. The first-order valence-electron chi connectivity index (χ1n) is 3.65. The van der Waals surface area contributed by atoms with E-state index < -0.39 is 5.97 Å². The largest absolute Gasteiger partial charge is 1.00 e. The van der Waals surface area contributed by atoms with E-state index in [9.17, 15) is 9.90 Å².